The molecule has 0 saturated heterocycles. The van der Waals surface area contributed by atoms with Crippen LogP contribution in [0.1, 0.15) is 11.1 Å². The van der Waals surface area contributed by atoms with Gasteiger partial charge in [-0.05, 0) is 0 Å². The van der Waals surface area contributed by atoms with Crippen LogP contribution in [0.3, 0.4) is 0 Å². The van der Waals surface area contributed by atoms with Gasteiger partial charge in [0.25, 0.3) is 11.4 Å². The van der Waals surface area contributed by atoms with E-state index in [1.807, 2.05) is 24.3 Å². The summed E-state index contributed by atoms with van der Waals surface area (Å²) < 4.78 is 0. The summed E-state index contributed by atoms with van der Waals surface area (Å²) in [5, 5.41) is 39.7. The Balaban J connectivity index is 1.52. The van der Waals surface area contributed by atoms with Gasteiger partial charge in [-0.3, -0.25) is 31.1 Å². The van der Waals surface area contributed by atoms with Gasteiger partial charge in [0.2, 0.25) is 0 Å². The van der Waals surface area contributed by atoms with Gasteiger partial charge in [-0.1, -0.05) is 48.5 Å². The molecule has 12 nitrogen and oxygen atoms in total. The van der Waals surface area contributed by atoms with Gasteiger partial charge in [0.1, 0.15) is 0 Å². The van der Waals surface area contributed by atoms with Gasteiger partial charge in [0.15, 0.2) is 11.6 Å². The minimum Gasteiger partial charge on any atom is -0.259 e. The summed E-state index contributed by atoms with van der Waals surface area (Å²) in [6, 6.07) is 19.4. The van der Waals surface area contributed by atoms with Gasteiger partial charge in [-0.2, -0.15) is 10.2 Å². The fraction of sp³-hybridized carbons (Fsp3) is 0. The largest absolute Gasteiger partial charge is 0.270 e. The van der Waals surface area contributed by atoms with Gasteiger partial charge in [-0.15, -0.1) is 10.2 Å². The molecule has 0 aliphatic carbocycles. The first kappa shape index (κ1) is 22.0. The maximum absolute atomic E-state index is 10.9. The molecule has 0 spiro atoms. The number of hydrogen-bond acceptors (Lipinski definition) is 10. The zero-order valence-corrected chi connectivity index (χ0v) is 17.4. The summed E-state index contributed by atoms with van der Waals surface area (Å²) in [5.41, 5.74) is 6.65. The van der Waals surface area contributed by atoms with E-state index in [0.29, 0.717) is 33.5 Å². The van der Waals surface area contributed by atoms with Crippen molar-refractivity contribution in [3.05, 3.63) is 104 Å². The summed E-state index contributed by atoms with van der Waals surface area (Å²) in [6.45, 7) is 0. The number of rotatable bonds is 8. The molecule has 34 heavy (non-hydrogen) atoms. The fourth-order valence-electron chi connectivity index (χ4n) is 3.04. The molecule has 0 fully saturated rings. The van der Waals surface area contributed by atoms with Crippen LogP contribution < -0.4 is 10.9 Å². The van der Waals surface area contributed by atoms with Crippen LogP contribution >= 0.6 is 0 Å². The zero-order valence-electron chi connectivity index (χ0n) is 17.4. The summed E-state index contributed by atoms with van der Waals surface area (Å²) in [7, 11) is 0. The molecule has 1 heterocycles. The van der Waals surface area contributed by atoms with Crippen LogP contribution in [0.5, 0.6) is 0 Å². The van der Waals surface area contributed by atoms with Crippen molar-refractivity contribution < 1.29 is 9.85 Å². The van der Waals surface area contributed by atoms with E-state index in [1.165, 1.54) is 36.7 Å². The Morgan fingerprint density at radius 3 is 1.53 bits per heavy atom. The van der Waals surface area contributed by atoms with Crippen molar-refractivity contribution >= 4 is 46.2 Å². The van der Waals surface area contributed by atoms with E-state index in [0.717, 1.165) is 0 Å². The number of aromatic nitrogens is 2. The molecule has 4 aromatic rings. The predicted octanol–water partition coefficient (Wildman–Crippen LogP) is 4.34. The summed E-state index contributed by atoms with van der Waals surface area (Å²) in [5.74, 6) is 0.760. The lowest BCUT2D eigenvalue weighted by atomic mass is 10.2. The monoisotopic (exact) mass is 456 g/mol. The Morgan fingerprint density at radius 1 is 0.676 bits per heavy atom. The number of nitrogens with one attached hydrogen (secondary N) is 2. The lowest BCUT2D eigenvalue weighted by Gasteiger charge is -2.08. The number of fused-ring (bicyclic) bond motifs is 1. The highest BCUT2D eigenvalue weighted by molar-refractivity contribution is 5.98. The van der Waals surface area contributed by atoms with E-state index in [9.17, 15) is 20.2 Å². The molecule has 2 N–H and O–H groups in total. The molecule has 168 valence electrons. The molecule has 0 bridgehead atoms. The molecular formula is C22H16N8O4. The van der Waals surface area contributed by atoms with Gasteiger partial charge in [0.05, 0.1) is 22.3 Å². The van der Waals surface area contributed by atoms with Crippen molar-refractivity contribution in [1.29, 1.82) is 0 Å². The van der Waals surface area contributed by atoms with Crippen molar-refractivity contribution in [2.75, 3.05) is 10.9 Å². The first-order valence-corrected chi connectivity index (χ1v) is 9.84. The third-order valence-electron chi connectivity index (χ3n) is 4.62. The second-order valence-corrected chi connectivity index (χ2v) is 6.89. The summed E-state index contributed by atoms with van der Waals surface area (Å²) >= 11 is 0. The van der Waals surface area contributed by atoms with Crippen LogP contribution in [0.25, 0.3) is 10.8 Å². The maximum atomic E-state index is 10.9. The van der Waals surface area contributed by atoms with Gasteiger partial charge >= 0.3 is 0 Å². The zero-order chi connectivity index (χ0) is 23.9. The number of benzene rings is 3. The molecule has 3 aromatic carbocycles. The highest BCUT2D eigenvalue weighted by Crippen LogP contribution is 2.26. The van der Waals surface area contributed by atoms with E-state index in [4.69, 9.17) is 0 Å². The Kier molecular flexibility index (Phi) is 6.40. The molecule has 0 atom stereocenters. The number of anilines is 2. The van der Waals surface area contributed by atoms with Crippen LogP contribution in [0.4, 0.5) is 23.0 Å². The van der Waals surface area contributed by atoms with Crippen molar-refractivity contribution in [2.24, 2.45) is 10.2 Å². The Hall–Kier alpha value is -5.26. The van der Waals surface area contributed by atoms with Crippen LogP contribution in [0.2, 0.25) is 0 Å². The highest BCUT2D eigenvalue weighted by Gasteiger charge is 2.09. The molecule has 12 heteroatoms. The molecule has 0 radical (unpaired) electrons. The highest BCUT2D eigenvalue weighted by atomic mass is 16.6. The topological polar surface area (TPSA) is 161 Å². The van der Waals surface area contributed by atoms with Crippen molar-refractivity contribution in [1.82, 2.24) is 10.2 Å². The minimum atomic E-state index is -0.475. The van der Waals surface area contributed by atoms with Crippen molar-refractivity contribution in [2.45, 2.75) is 0 Å². The van der Waals surface area contributed by atoms with Crippen molar-refractivity contribution in [3.8, 4) is 0 Å². The van der Waals surface area contributed by atoms with Crippen LogP contribution in [0, 0.1) is 20.2 Å². The van der Waals surface area contributed by atoms with Gasteiger partial charge < -0.3 is 0 Å². The average Bonchev–Trinajstić information content (AvgIpc) is 2.85. The number of non-ortho nitro benzene ring substituents is 2. The third-order valence-corrected chi connectivity index (χ3v) is 4.62. The van der Waals surface area contributed by atoms with Gasteiger partial charge in [-0.25, -0.2) is 0 Å². The molecule has 0 amide bonds. The van der Waals surface area contributed by atoms with E-state index in [1.54, 1.807) is 24.3 Å². The molecule has 0 unspecified atom stereocenters. The standard InChI is InChI=1S/C22H16N8O4/c31-29(32)17-7-3-5-15(11-17)13-23-25-21-19-9-1-2-10-20(19)22(28-27-21)26-24-14-16-6-4-8-18(12-16)30(33)34/h1-14H,(H,25,27)(H,26,28)/b23-13-,24-14-. The number of hydrazone groups is 2. The van der Waals surface area contributed by atoms with E-state index in [-0.39, 0.29) is 11.4 Å². The second kappa shape index (κ2) is 9.91. The van der Waals surface area contributed by atoms with E-state index in [2.05, 4.69) is 31.3 Å². The smallest absolute Gasteiger partial charge is 0.259 e. The first-order chi connectivity index (χ1) is 16.5. The SMILES string of the molecule is O=[N+]([O-])c1cccc(/C=N\Nc2nnc(N/N=C\c3cccc([N+](=O)[O-])c3)c3ccccc23)c1. The fourth-order valence-corrected chi connectivity index (χ4v) is 3.04. The number of nitro benzene ring substituents is 2. The number of nitrogens with zero attached hydrogens (tertiary/aromatic N) is 6. The Bertz CT molecular complexity index is 1330. The second-order valence-electron chi connectivity index (χ2n) is 6.89. The average molecular weight is 456 g/mol. The summed E-state index contributed by atoms with van der Waals surface area (Å²) in [4.78, 5) is 20.9. The number of nitro groups is 2. The molecule has 1 aromatic heterocycles. The molecule has 0 aliphatic heterocycles. The lowest BCUT2D eigenvalue weighted by Crippen LogP contribution is -2.01. The quantitative estimate of drug-likeness (QED) is 0.225. The minimum absolute atomic E-state index is 0.0321. The molecule has 0 aliphatic rings. The predicted molar refractivity (Wildman–Crippen MR) is 128 cm³/mol. The van der Waals surface area contributed by atoms with Crippen LogP contribution in [0.15, 0.2) is 83.0 Å². The summed E-state index contributed by atoms with van der Waals surface area (Å²) in [6.07, 6.45) is 2.89. The first-order valence-electron chi connectivity index (χ1n) is 9.84. The lowest BCUT2D eigenvalue weighted by molar-refractivity contribution is -0.385. The van der Waals surface area contributed by atoms with E-state index < -0.39 is 9.85 Å². The number of hydrogen-bond donors (Lipinski definition) is 2. The van der Waals surface area contributed by atoms with Crippen LogP contribution in [-0.4, -0.2) is 32.5 Å². The third kappa shape index (κ3) is 5.13. The Labute approximate surface area is 192 Å². The Morgan fingerprint density at radius 2 is 1.12 bits per heavy atom. The molecule has 4 rings (SSSR count). The molecule has 0 saturated carbocycles. The maximum Gasteiger partial charge on any atom is 0.270 e. The van der Waals surface area contributed by atoms with Crippen LogP contribution in [-0.2, 0) is 0 Å². The van der Waals surface area contributed by atoms with E-state index >= 15 is 0 Å². The normalized spacial score (nSPS) is 11.2. The van der Waals surface area contributed by atoms with Crippen molar-refractivity contribution in [3.63, 3.8) is 0 Å². The van der Waals surface area contributed by atoms with Gasteiger partial charge in [0, 0.05) is 46.2 Å². The molecular weight excluding hydrogens is 440 g/mol.